The van der Waals surface area contributed by atoms with Crippen molar-refractivity contribution >= 4 is 11.0 Å². The Morgan fingerprint density at radius 2 is 1.56 bits per heavy atom. The molecule has 1 saturated heterocycles. The van der Waals surface area contributed by atoms with Crippen LogP contribution >= 0.6 is 0 Å². The third kappa shape index (κ3) is 4.08. The first-order valence-electron chi connectivity index (χ1n) is 10.8. The summed E-state index contributed by atoms with van der Waals surface area (Å²) in [5.41, 5.74) is -0.515. The summed E-state index contributed by atoms with van der Waals surface area (Å²) in [6.07, 6.45) is -8.11. The van der Waals surface area contributed by atoms with Crippen molar-refractivity contribution in [1.82, 2.24) is 0 Å². The van der Waals surface area contributed by atoms with Crippen LogP contribution in [0.3, 0.4) is 0 Å². The molecule has 0 amide bonds. The lowest BCUT2D eigenvalue weighted by molar-refractivity contribution is -0.277. The van der Waals surface area contributed by atoms with Crippen LogP contribution in [-0.2, 0) is 4.74 Å². The summed E-state index contributed by atoms with van der Waals surface area (Å²) >= 11 is 0. The fraction of sp³-hybridized carbons (Fsp3) is 0.375. The molecule has 0 saturated carbocycles. The van der Waals surface area contributed by atoms with E-state index in [9.17, 15) is 35.4 Å². The number of aliphatic hydroxyl groups is 4. The van der Waals surface area contributed by atoms with Crippen LogP contribution in [0, 0.1) is 6.92 Å². The number of hydrogen-bond donors (Lipinski definition) is 6. The van der Waals surface area contributed by atoms with Gasteiger partial charge in [-0.2, -0.15) is 0 Å². The van der Waals surface area contributed by atoms with Gasteiger partial charge < -0.3 is 54.0 Å². The van der Waals surface area contributed by atoms with Crippen molar-refractivity contribution < 1.29 is 54.0 Å². The molecule has 1 aromatic heterocycles. The molecular weight excluding hydrogens is 480 g/mol. The number of ether oxygens (including phenoxy) is 4. The Labute approximate surface area is 204 Å². The van der Waals surface area contributed by atoms with Crippen LogP contribution in [0.15, 0.2) is 33.5 Å². The number of aliphatic hydroxyl groups excluding tert-OH is 4. The maximum absolute atomic E-state index is 13.5. The van der Waals surface area contributed by atoms with Crippen molar-refractivity contribution in [3.63, 3.8) is 0 Å². The predicted octanol–water partition coefficient (Wildman–Crippen LogP) is 0.376. The number of fused-ring (bicyclic) bond motifs is 1. The number of benzene rings is 2. The highest BCUT2D eigenvalue weighted by Gasteiger charge is 2.45. The molecule has 194 valence electrons. The summed E-state index contributed by atoms with van der Waals surface area (Å²) in [5.74, 6) is -1.22. The second-order valence-corrected chi connectivity index (χ2v) is 8.20. The van der Waals surface area contributed by atoms with Gasteiger partial charge in [-0.05, 0) is 31.2 Å². The van der Waals surface area contributed by atoms with E-state index in [1.807, 2.05) is 0 Å². The van der Waals surface area contributed by atoms with Crippen molar-refractivity contribution in [3.8, 4) is 40.1 Å². The van der Waals surface area contributed by atoms with Gasteiger partial charge >= 0.3 is 0 Å². The van der Waals surface area contributed by atoms with Gasteiger partial charge in [-0.3, -0.25) is 4.79 Å². The molecule has 36 heavy (non-hydrogen) atoms. The normalized spacial score (nSPS) is 24.0. The van der Waals surface area contributed by atoms with Crippen LogP contribution in [0.5, 0.6) is 28.7 Å². The maximum Gasteiger partial charge on any atom is 0.239 e. The van der Waals surface area contributed by atoms with E-state index in [0.717, 1.165) is 0 Å². The molecule has 0 radical (unpaired) electrons. The smallest absolute Gasteiger partial charge is 0.239 e. The van der Waals surface area contributed by atoms with Gasteiger partial charge in [0.1, 0.15) is 41.3 Å². The highest BCUT2D eigenvalue weighted by molar-refractivity contribution is 5.95. The zero-order chi connectivity index (χ0) is 26.3. The Bertz CT molecular complexity index is 1310. The van der Waals surface area contributed by atoms with Gasteiger partial charge in [0.15, 0.2) is 17.1 Å². The van der Waals surface area contributed by atoms with E-state index in [1.54, 1.807) is 0 Å². The Kier molecular flexibility index (Phi) is 6.98. The standard InChI is InChI=1S/C24H26O12/c1-9-14(27)23(36-24-18(31)17(30)15(28)12(8-25)34-24)21-13(19(9)32-2)16(29)22(33-3)20(35-21)10-4-6-11(26)7-5-10/h4-7,12,15,17-18,24-28,30-31H,8H2,1-3H3. The zero-order valence-electron chi connectivity index (χ0n) is 19.5. The first-order chi connectivity index (χ1) is 17.1. The molecule has 0 aliphatic carbocycles. The minimum absolute atomic E-state index is 0.0204. The minimum Gasteiger partial charge on any atom is -0.508 e. The first-order valence-corrected chi connectivity index (χ1v) is 10.8. The molecule has 1 fully saturated rings. The molecule has 0 bridgehead atoms. The van der Waals surface area contributed by atoms with Crippen molar-refractivity contribution in [3.05, 3.63) is 40.1 Å². The fourth-order valence-electron chi connectivity index (χ4n) is 4.09. The number of rotatable bonds is 6. The third-order valence-corrected chi connectivity index (χ3v) is 6.04. The van der Waals surface area contributed by atoms with E-state index in [2.05, 4.69) is 0 Å². The average Bonchev–Trinajstić information content (AvgIpc) is 2.87. The second kappa shape index (κ2) is 9.84. The largest absolute Gasteiger partial charge is 0.508 e. The summed E-state index contributed by atoms with van der Waals surface area (Å²) in [5, 5.41) is 60.5. The van der Waals surface area contributed by atoms with Crippen LogP contribution in [0.4, 0.5) is 0 Å². The Morgan fingerprint density at radius 3 is 2.14 bits per heavy atom. The van der Waals surface area contributed by atoms with E-state index in [4.69, 9.17) is 23.4 Å². The van der Waals surface area contributed by atoms with Gasteiger partial charge in [0, 0.05) is 11.1 Å². The maximum atomic E-state index is 13.5. The molecule has 1 aliphatic rings. The van der Waals surface area contributed by atoms with Gasteiger partial charge in [0.2, 0.25) is 23.2 Å². The van der Waals surface area contributed by atoms with E-state index >= 15 is 0 Å². The molecule has 0 spiro atoms. The van der Waals surface area contributed by atoms with E-state index < -0.39 is 54.2 Å². The summed E-state index contributed by atoms with van der Waals surface area (Å²) in [6, 6.07) is 5.70. The van der Waals surface area contributed by atoms with Crippen molar-refractivity contribution in [2.45, 2.75) is 37.6 Å². The lowest BCUT2D eigenvalue weighted by Crippen LogP contribution is -2.60. The van der Waals surface area contributed by atoms with Crippen LogP contribution in [0.1, 0.15) is 5.56 Å². The van der Waals surface area contributed by atoms with Crippen molar-refractivity contribution in [2.24, 2.45) is 0 Å². The summed E-state index contributed by atoms with van der Waals surface area (Å²) in [4.78, 5) is 13.5. The molecule has 1 aliphatic heterocycles. The molecule has 12 heteroatoms. The Morgan fingerprint density at radius 1 is 0.917 bits per heavy atom. The molecule has 2 heterocycles. The summed E-state index contributed by atoms with van der Waals surface area (Å²) in [6.45, 7) is 0.754. The van der Waals surface area contributed by atoms with Crippen LogP contribution < -0.4 is 19.6 Å². The number of phenols is 2. The van der Waals surface area contributed by atoms with Gasteiger partial charge in [-0.1, -0.05) is 0 Å². The number of aromatic hydroxyl groups is 2. The molecule has 12 nitrogen and oxygen atoms in total. The molecule has 5 unspecified atom stereocenters. The fourth-order valence-corrected chi connectivity index (χ4v) is 4.09. The molecule has 4 rings (SSSR count). The Balaban J connectivity index is 1.98. The molecule has 6 N–H and O–H groups in total. The van der Waals surface area contributed by atoms with Crippen LogP contribution in [-0.4, -0.2) is 82.2 Å². The van der Waals surface area contributed by atoms with Gasteiger partial charge in [0.05, 0.1) is 20.8 Å². The summed E-state index contributed by atoms with van der Waals surface area (Å²) in [7, 11) is 2.56. The number of methoxy groups -OCH3 is 2. The Hall–Kier alpha value is -3.55. The van der Waals surface area contributed by atoms with E-state index in [-0.39, 0.29) is 39.5 Å². The van der Waals surface area contributed by atoms with E-state index in [0.29, 0.717) is 5.56 Å². The van der Waals surface area contributed by atoms with Crippen molar-refractivity contribution in [1.29, 1.82) is 0 Å². The highest BCUT2D eigenvalue weighted by Crippen LogP contribution is 2.47. The average molecular weight is 506 g/mol. The lowest BCUT2D eigenvalue weighted by Gasteiger charge is -2.39. The first kappa shape index (κ1) is 25.5. The predicted molar refractivity (Wildman–Crippen MR) is 123 cm³/mol. The monoisotopic (exact) mass is 506 g/mol. The molecule has 3 aromatic rings. The van der Waals surface area contributed by atoms with Crippen LogP contribution in [0.2, 0.25) is 0 Å². The minimum atomic E-state index is -1.79. The number of hydrogen-bond acceptors (Lipinski definition) is 12. The number of phenolic OH excluding ortho intramolecular Hbond substituents is 2. The van der Waals surface area contributed by atoms with Crippen LogP contribution in [0.25, 0.3) is 22.3 Å². The molecular formula is C24H26O12. The lowest BCUT2D eigenvalue weighted by atomic mass is 9.99. The van der Waals surface area contributed by atoms with E-state index in [1.165, 1.54) is 45.4 Å². The molecule has 2 aromatic carbocycles. The third-order valence-electron chi connectivity index (χ3n) is 6.04. The zero-order valence-corrected chi connectivity index (χ0v) is 19.5. The highest BCUT2D eigenvalue weighted by atomic mass is 16.7. The quantitative estimate of drug-likeness (QED) is 0.270. The second-order valence-electron chi connectivity index (χ2n) is 8.20. The topological polar surface area (TPSA) is 189 Å². The SMILES string of the molecule is COc1c(-c2ccc(O)cc2)oc2c(OC3OC(CO)C(O)C(O)C3O)c(O)c(C)c(OC)c2c1=O. The molecule has 5 atom stereocenters. The van der Waals surface area contributed by atoms with Gasteiger partial charge in [-0.25, -0.2) is 0 Å². The van der Waals surface area contributed by atoms with Gasteiger partial charge in [-0.15, -0.1) is 0 Å². The van der Waals surface area contributed by atoms with Crippen molar-refractivity contribution in [2.75, 3.05) is 20.8 Å². The summed E-state index contributed by atoms with van der Waals surface area (Å²) < 4.78 is 27.8. The van der Waals surface area contributed by atoms with Gasteiger partial charge in [0.25, 0.3) is 0 Å².